The van der Waals surface area contributed by atoms with Crippen molar-refractivity contribution in [2.45, 2.75) is 201 Å². The number of benzene rings is 2. The van der Waals surface area contributed by atoms with Crippen molar-refractivity contribution < 1.29 is 19.4 Å². The van der Waals surface area contributed by atoms with Gasteiger partial charge in [-0.1, -0.05) is 185 Å². The third-order valence-corrected chi connectivity index (χ3v) is 9.39. The van der Waals surface area contributed by atoms with Crippen LogP contribution in [0.15, 0.2) is 85.2 Å². The molecule has 0 aliphatic carbocycles. The molecule has 61 heavy (non-hydrogen) atoms. The van der Waals surface area contributed by atoms with Crippen LogP contribution < -0.4 is 10.1 Å². The number of methoxy groups -OCH3 is 1. The first-order chi connectivity index (χ1) is 28.5. The van der Waals surface area contributed by atoms with Crippen molar-refractivity contribution in [2.24, 2.45) is 22.7 Å². The zero-order chi connectivity index (χ0) is 48.0. The van der Waals surface area contributed by atoms with Gasteiger partial charge in [-0.25, -0.2) is 0 Å². The molecule has 5 heteroatoms. The Balaban J connectivity index is -0.00000276. The summed E-state index contributed by atoms with van der Waals surface area (Å²) in [5.41, 5.74) is 4.27. The van der Waals surface area contributed by atoms with Crippen molar-refractivity contribution in [3.63, 3.8) is 0 Å². The number of aryl methyl sites for hydroxylation is 2. The molecule has 0 heterocycles. The molecule has 0 aliphatic rings. The van der Waals surface area contributed by atoms with Gasteiger partial charge in [0.05, 0.1) is 18.9 Å². The maximum Gasteiger partial charge on any atom is 0.150 e. The van der Waals surface area contributed by atoms with Crippen LogP contribution in [0.4, 0.5) is 0 Å². The van der Waals surface area contributed by atoms with Crippen LogP contribution in [0.3, 0.4) is 0 Å². The summed E-state index contributed by atoms with van der Waals surface area (Å²) in [6.45, 7) is 47.7. The number of ether oxygens (including phenoxy) is 2. The summed E-state index contributed by atoms with van der Waals surface area (Å²) in [5.74, 6) is 2.35. The number of hydrogen-bond donors (Lipinski definition) is 2. The minimum absolute atomic E-state index is 0.0353. The first-order valence-corrected chi connectivity index (χ1v) is 23.6. The Kier molecular flexibility index (Phi) is 33.7. The molecule has 0 saturated heterocycles. The third kappa shape index (κ3) is 30.3. The molecule has 2 aromatic carbocycles. The molecule has 0 radical (unpaired) electrons. The monoisotopic (exact) mass is 848 g/mol. The molecule has 0 spiro atoms. The number of allylic oxidation sites excluding steroid dienone is 3. The number of hydrogen-bond acceptors (Lipinski definition) is 5. The fraction of sp³-hybridized carbons (Fsp3) is 0.625. The van der Waals surface area contributed by atoms with Gasteiger partial charge in [0.2, 0.25) is 0 Å². The molecule has 350 valence electrons. The maximum absolute atomic E-state index is 13.9. The Morgan fingerprint density at radius 3 is 1.90 bits per heavy atom. The summed E-state index contributed by atoms with van der Waals surface area (Å²) in [4.78, 5) is 13.9. The van der Waals surface area contributed by atoms with Crippen LogP contribution in [0.2, 0.25) is 0 Å². The number of carbonyl (C=O) groups excluding carboxylic acids is 1. The van der Waals surface area contributed by atoms with E-state index >= 15 is 0 Å². The molecule has 0 aliphatic heterocycles. The van der Waals surface area contributed by atoms with Gasteiger partial charge in [-0.3, -0.25) is 10.1 Å². The smallest absolute Gasteiger partial charge is 0.150 e. The normalized spacial score (nSPS) is 13.7. The van der Waals surface area contributed by atoms with E-state index in [4.69, 9.17) is 9.47 Å². The molecule has 0 saturated carbocycles. The second-order valence-electron chi connectivity index (χ2n) is 18.5. The highest BCUT2D eigenvalue weighted by atomic mass is 16.5. The molecule has 3 unspecified atom stereocenters. The van der Waals surface area contributed by atoms with Crippen molar-refractivity contribution in [1.29, 1.82) is 0 Å². The van der Waals surface area contributed by atoms with Crippen LogP contribution in [0.25, 0.3) is 6.08 Å². The molecule has 4 atom stereocenters. The predicted molar refractivity (Wildman–Crippen MR) is 271 cm³/mol. The van der Waals surface area contributed by atoms with Crippen LogP contribution in [-0.2, 0) is 22.4 Å². The zero-order valence-electron chi connectivity index (χ0n) is 43.4. The summed E-state index contributed by atoms with van der Waals surface area (Å²) in [7, 11) is 1.66. The average molecular weight is 848 g/mol. The lowest BCUT2D eigenvalue weighted by Crippen LogP contribution is -2.51. The third-order valence-electron chi connectivity index (χ3n) is 9.39. The molecular formula is C56H97NO4. The number of carbonyl (C=O) groups is 1. The Bertz CT molecular complexity index is 1510. The van der Waals surface area contributed by atoms with E-state index in [0.29, 0.717) is 42.3 Å². The molecule has 0 amide bonds. The predicted octanol–water partition coefficient (Wildman–Crippen LogP) is 15.9. The van der Waals surface area contributed by atoms with Gasteiger partial charge in [0, 0.05) is 11.8 Å². The summed E-state index contributed by atoms with van der Waals surface area (Å²) in [6.07, 6.45) is 14.3. The van der Waals surface area contributed by atoms with Gasteiger partial charge < -0.3 is 14.6 Å². The van der Waals surface area contributed by atoms with Gasteiger partial charge in [-0.05, 0) is 117 Å². The first-order valence-electron chi connectivity index (χ1n) is 23.6. The van der Waals surface area contributed by atoms with E-state index in [2.05, 4.69) is 124 Å². The highest BCUT2D eigenvalue weighted by molar-refractivity contribution is 5.84. The number of rotatable bonds is 23. The van der Waals surface area contributed by atoms with Gasteiger partial charge in [0.25, 0.3) is 0 Å². The first kappa shape index (κ1) is 61.9. The summed E-state index contributed by atoms with van der Waals surface area (Å²) >= 11 is 0. The minimum atomic E-state index is -1.37. The Morgan fingerprint density at radius 2 is 1.43 bits per heavy atom. The van der Waals surface area contributed by atoms with Crippen LogP contribution >= 0.6 is 0 Å². The fourth-order valence-corrected chi connectivity index (χ4v) is 5.94. The Labute approximate surface area is 379 Å². The van der Waals surface area contributed by atoms with E-state index in [1.54, 1.807) is 20.1 Å². The van der Waals surface area contributed by atoms with Crippen molar-refractivity contribution in [3.05, 3.63) is 107 Å². The fourth-order valence-electron chi connectivity index (χ4n) is 5.94. The molecular weight excluding hydrogens is 751 g/mol. The van der Waals surface area contributed by atoms with Gasteiger partial charge in [0.1, 0.15) is 23.4 Å². The minimum Gasteiger partial charge on any atom is -0.496 e. The van der Waals surface area contributed by atoms with Gasteiger partial charge >= 0.3 is 0 Å². The molecule has 0 aromatic heterocycles. The van der Waals surface area contributed by atoms with Gasteiger partial charge in [-0.15, -0.1) is 0 Å². The van der Waals surface area contributed by atoms with Crippen LogP contribution in [-0.4, -0.2) is 35.9 Å². The number of Topliss-reactive ketones (excluding diaryl/α,β-unsaturated/α-hetero) is 1. The number of nitrogens with one attached hydrogen (secondary N) is 1. The Morgan fingerprint density at radius 1 is 0.885 bits per heavy atom. The molecule has 0 bridgehead atoms. The van der Waals surface area contributed by atoms with Crippen LogP contribution in [0, 0.1) is 29.6 Å². The van der Waals surface area contributed by atoms with Crippen molar-refractivity contribution >= 4 is 11.9 Å². The Hall–Kier alpha value is -3.41. The topological polar surface area (TPSA) is 67.8 Å². The molecule has 2 aromatic rings. The lowest BCUT2D eigenvalue weighted by molar-refractivity contribution is -0.123. The average Bonchev–Trinajstić information content (AvgIpc) is 3.19. The second kappa shape index (κ2) is 33.2. The largest absolute Gasteiger partial charge is 0.496 e. The quantitative estimate of drug-likeness (QED) is 0.0662. The van der Waals surface area contributed by atoms with Gasteiger partial charge in [0.15, 0.2) is 0 Å². The van der Waals surface area contributed by atoms with Crippen molar-refractivity contribution in [2.75, 3.05) is 7.11 Å². The van der Waals surface area contributed by atoms with E-state index in [-0.39, 0.29) is 11.9 Å². The van der Waals surface area contributed by atoms with Gasteiger partial charge in [-0.2, -0.15) is 0 Å². The van der Waals surface area contributed by atoms with E-state index < -0.39 is 17.2 Å². The van der Waals surface area contributed by atoms with E-state index in [0.717, 1.165) is 54.6 Å². The SMILES string of the molecule is C=C(C)[C@H](CC(C)C)OC(=C)C(C)(C)CCC(=O)C(Cc1ccc(OC)c(C)c1)NC(C)(O)/C=C/CCC(C)/C=C/c1ccc(CCC)cc1.CC.CC.CC.CC(C)(C)C. The van der Waals surface area contributed by atoms with E-state index in [1.807, 2.05) is 79.7 Å². The summed E-state index contributed by atoms with van der Waals surface area (Å²) in [6, 6.07) is 14.1. The second-order valence-corrected chi connectivity index (χ2v) is 18.5. The highest BCUT2D eigenvalue weighted by Crippen LogP contribution is 2.34. The van der Waals surface area contributed by atoms with Crippen molar-refractivity contribution in [3.8, 4) is 5.75 Å². The highest BCUT2D eigenvalue weighted by Gasteiger charge is 2.31. The summed E-state index contributed by atoms with van der Waals surface area (Å²) in [5, 5.41) is 14.7. The number of aliphatic hydroxyl groups is 1. The van der Waals surface area contributed by atoms with E-state index in [9.17, 15) is 9.90 Å². The van der Waals surface area contributed by atoms with Crippen LogP contribution in [0.5, 0.6) is 5.75 Å². The van der Waals surface area contributed by atoms with Crippen LogP contribution in [0.1, 0.15) is 185 Å². The molecule has 0 fully saturated rings. The van der Waals surface area contributed by atoms with Crippen molar-refractivity contribution in [1.82, 2.24) is 5.32 Å². The molecule has 2 rings (SSSR count). The maximum atomic E-state index is 13.9. The lowest BCUT2D eigenvalue weighted by atomic mass is 9.83. The zero-order valence-corrected chi connectivity index (χ0v) is 43.4. The standard InChI is InChI=1S/C45H67NO4.C5H12.3C2H6/c1-13-16-37-20-22-38(23-21-37)19-18-34(6)17-14-15-27-45(11,48)46-40(31-39-24-25-42(49-12)35(7)30-39)41(47)26-28-44(9,10)36(8)50-43(33(4)5)29-32(2)3;1-5(2,3)4;3*1-2/h15,18-25,27,30,32,34,40,43,46,48H,4,8,13-14,16-17,26,28-29,31H2,1-3,5-7,9-12H3;1-4H3;3*1-2H3/b19-18+,27-15+;;;;/t34?,40?,43-,45?;;;;/m0..../s1. The van der Waals surface area contributed by atoms with E-state index in [1.165, 1.54) is 11.1 Å². The summed E-state index contributed by atoms with van der Waals surface area (Å²) < 4.78 is 11.8. The lowest BCUT2D eigenvalue weighted by Gasteiger charge is -2.32. The molecule has 5 nitrogen and oxygen atoms in total. The number of ketones is 1. The molecule has 2 N–H and O–H groups in total.